The Hall–Kier alpha value is -1.12. The summed E-state index contributed by atoms with van der Waals surface area (Å²) in [5.41, 5.74) is 6.63. The number of hydrogen-bond acceptors (Lipinski definition) is 1. The summed E-state index contributed by atoms with van der Waals surface area (Å²) < 4.78 is 1.08. The topological polar surface area (TPSA) is 20.2 Å². The summed E-state index contributed by atoms with van der Waals surface area (Å²) in [7, 11) is 0. The molecule has 100 valence electrons. The highest BCUT2D eigenvalue weighted by Crippen LogP contribution is 2.30. The zero-order valence-corrected chi connectivity index (χ0v) is 13.4. The first-order valence-corrected chi connectivity index (χ1v) is 7.21. The minimum Gasteiger partial charge on any atom is -0.384 e. The van der Waals surface area contributed by atoms with Crippen molar-refractivity contribution in [3.05, 3.63) is 68.2 Å². The summed E-state index contributed by atoms with van der Waals surface area (Å²) in [5, 5.41) is 10.6. The van der Waals surface area contributed by atoms with Crippen molar-refractivity contribution in [3.8, 4) is 0 Å². The minimum atomic E-state index is -0.564. The van der Waals surface area contributed by atoms with Crippen molar-refractivity contribution < 1.29 is 5.11 Å². The lowest BCUT2D eigenvalue weighted by molar-refractivity contribution is 0.219. The van der Waals surface area contributed by atoms with Crippen molar-refractivity contribution >= 4 is 15.9 Å². The van der Waals surface area contributed by atoms with E-state index < -0.39 is 6.10 Å². The van der Waals surface area contributed by atoms with Crippen LogP contribution in [0.3, 0.4) is 0 Å². The molecule has 0 saturated carbocycles. The third kappa shape index (κ3) is 2.90. The van der Waals surface area contributed by atoms with Gasteiger partial charge >= 0.3 is 0 Å². The van der Waals surface area contributed by atoms with Crippen LogP contribution in [0.5, 0.6) is 0 Å². The Morgan fingerprint density at radius 3 is 2.16 bits per heavy atom. The van der Waals surface area contributed by atoms with E-state index in [2.05, 4.69) is 54.0 Å². The van der Waals surface area contributed by atoms with Gasteiger partial charge < -0.3 is 5.11 Å². The lowest BCUT2D eigenvalue weighted by Crippen LogP contribution is -2.03. The quantitative estimate of drug-likeness (QED) is 0.846. The SMILES string of the molecule is Cc1ccc(C(O)c2cc(C)c(Br)cc2C)cc1C. The number of hydrogen-bond donors (Lipinski definition) is 1. The standard InChI is InChI=1S/C17H19BrO/c1-10-5-6-14(7-11(10)2)17(19)15-8-13(4)16(18)9-12(15)3/h5-9,17,19H,1-4H3. The highest BCUT2D eigenvalue weighted by Gasteiger charge is 2.14. The van der Waals surface area contributed by atoms with Gasteiger partial charge in [-0.15, -0.1) is 0 Å². The predicted molar refractivity (Wildman–Crippen MR) is 83.6 cm³/mol. The first-order valence-electron chi connectivity index (χ1n) is 6.42. The normalized spacial score (nSPS) is 12.5. The van der Waals surface area contributed by atoms with E-state index >= 15 is 0 Å². The summed E-state index contributed by atoms with van der Waals surface area (Å²) in [5.74, 6) is 0. The number of halogens is 1. The van der Waals surface area contributed by atoms with Gasteiger partial charge in [0.05, 0.1) is 0 Å². The van der Waals surface area contributed by atoms with Crippen molar-refractivity contribution in [2.24, 2.45) is 0 Å². The molecule has 0 radical (unpaired) electrons. The fraction of sp³-hybridized carbons (Fsp3) is 0.294. The van der Waals surface area contributed by atoms with Gasteiger partial charge in [-0.1, -0.05) is 40.2 Å². The smallest absolute Gasteiger partial charge is 0.104 e. The summed E-state index contributed by atoms with van der Waals surface area (Å²) in [6, 6.07) is 10.3. The van der Waals surface area contributed by atoms with E-state index in [1.165, 1.54) is 11.1 Å². The summed E-state index contributed by atoms with van der Waals surface area (Å²) in [6.07, 6.45) is -0.564. The number of aliphatic hydroxyl groups excluding tert-OH is 1. The molecule has 2 rings (SSSR count). The third-order valence-electron chi connectivity index (χ3n) is 3.69. The molecule has 0 saturated heterocycles. The molecule has 0 aromatic heterocycles. The molecule has 0 amide bonds. The van der Waals surface area contributed by atoms with Crippen LogP contribution in [-0.4, -0.2) is 5.11 Å². The van der Waals surface area contributed by atoms with Gasteiger partial charge in [0, 0.05) is 4.47 Å². The van der Waals surface area contributed by atoms with E-state index in [1.54, 1.807) is 0 Å². The van der Waals surface area contributed by atoms with Gasteiger partial charge in [0.25, 0.3) is 0 Å². The van der Waals surface area contributed by atoms with E-state index in [-0.39, 0.29) is 0 Å². The second-order valence-corrected chi connectivity index (χ2v) is 6.06. The molecule has 1 N–H and O–H groups in total. The Labute approximate surface area is 123 Å². The summed E-state index contributed by atoms with van der Waals surface area (Å²) in [6.45, 7) is 8.23. The number of rotatable bonds is 2. The fourth-order valence-corrected chi connectivity index (χ4v) is 2.67. The highest BCUT2D eigenvalue weighted by atomic mass is 79.9. The van der Waals surface area contributed by atoms with Crippen LogP contribution in [0, 0.1) is 27.7 Å². The molecule has 0 fully saturated rings. The average molecular weight is 319 g/mol. The van der Waals surface area contributed by atoms with E-state index in [0.29, 0.717) is 0 Å². The molecule has 0 aliphatic heterocycles. The van der Waals surface area contributed by atoms with Crippen LogP contribution in [0.25, 0.3) is 0 Å². The molecule has 0 heterocycles. The second kappa shape index (κ2) is 5.48. The minimum absolute atomic E-state index is 0.564. The molecule has 2 aromatic rings. The number of aliphatic hydroxyl groups is 1. The Morgan fingerprint density at radius 2 is 1.53 bits per heavy atom. The maximum Gasteiger partial charge on any atom is 0.104 e. The first kappa shape index (κ1) is 14.3. The Balaban J connectivity index is 2.46. The van der Waals surface area contributed by atoms with Crippen LogP contribution in [0.4, 0.5) is 0 Å². The van der Waals surface area contributed by atoms with Gasteiger partial charge in [0.1, 0.15) is 6.10 Å². The van der Waals surface area contributed by atoms with Gasteiger partial charge in [-0.3, -0.25) is 0 Å². The molecule has 0 spiro atoms. The van der Waals surface area contributed by atoms with Crippen LogP contribution in [0.2, 0.25) is 0 Å². The highest BCUT2D eigenvalue weighted by molar-refractivity contribution is 9.10. The van der Waals surface area contributed by atoms with Gasteiger partial charge in [0.15, 0.2) is 0 Å². The Morgan fingerprint density at radius 1 is 0.842 bits per heavy atom. The molecular formula is C17H19BrO. The Kier molecular flexibility index (Phi) is 4.12. The van der Waals surface area contributed by atoms with Gasteiger partial charge in [-0.25, -0.2) is 0 Å². The predicted octanol–water partition coefficient (Wildman–Crippen LogP) is 4.76. The lowest BCUT2D eigenvalue weighted by atomic mass is 9.94. The second-order valence-electron chi connectivity index (χ2n) is 5.20. The monoisotopic (exact) mass is 318 g/mol. The lowest BCUT2D eigenvalue weighted by Gasteiger charge is -2.17. The van der Waals surface area contributed by atoms with Crippen LogP contribution in [0.1, 0.15) is 39.5 Å². The van der Waals surface area contributed by atoms with Crippen LogP contribution in [0.15, 0.2) is 34.8 Å². The molecule has 1 atom stereocenters. The van der Waals surface area contributed by atoms with E-state index in [0.717, 1.165) is 26.7 Å². The molecule has 0 aliphatic carbocycles. The molecular weight excluding hydrogens is 300 g/mol. The van der Waals surface area contributed by atoms with Crippen LogP contribution < -0.4 is 0 Å². The van der Waals surface area contributed by atoms with Crippen molar-refractivity contribution in [3.63, 3.8) is 0 Å². The number of benzene rings is 2. The zero-order valence-electron chi connectivity index (χ0n) is 11.8. The third-order valence-corrected chi connectivity index (χ3v) is 4.54. The van der Waals surface area contributed by atoms with Gasteiger partial charge in [-0.2, -0.15) is 0 Å². The molecule has 1 unspecified atom stereocenters. The molecule has 2 aromatic carbocycles. The molecule has 0 aliphatic rings. The molecule has 0 bridgehead atoms. The van der Waals surface area contributed by atoms with Crippen molar-refractivity contribution in [1.29, 1.82) is 0 Å². The molecule has 2 heteroatoms. The average Bonchev–Trinajstić information content (AvgIpc) is 2.36. The van der Waals surface area contributed by atoms with E-state index in [9.17, 15) is 5.11 Å². The van der Waals surface area contributed by atoms with Crippen molar-refractivity contribution in [2.75, 3.05) is 0 Å². The Bertz CT molecular complexity index is 617. The van der Waals surface area contributed by atoms with Crippen molar-refractivity contribution in [1.82, 2.24) is 0 Å². The van der Waals surface area contributed by atoms with Crippen LogP contribution >= 0.6 is 15.9 Å². The van der Waals surface area contributed by atoms with Gasteiger partial charge in [-0.05, 0) is 67.1 Å². The first-order chi connectivity index (χ1) is 8.90. The number of aryl methyl sites for hydroxylation is 4. The zero-order chi connectivity index (χ0) is 14.2. The van der Waals surface area contributed by atoms with E-state index in [1.807, 2.05) is 19.9 Å². The van der Waals surface area contributed by atoms with Crippen molar-refractivity contribution in [2.45, 2.75) is 33.8 Å². The van der Waals surface area contributed by atoms with E-state index in [4.69, 9.17) is 0 Å². The maximum atomic E-state index is 10.6. The molecule has 19 heavy (non-hydrogen) atoms. The summed E-state index contributed by atoms with van der Waals surface area (Å²) >= 11 is 3.53. The maximum absolute atomic E-state index is 10.6. The molecule has 1 nitrogen and oxygen atoms in total. The van der Waals surface area contributed by atoms with Gasteiger partial charge in [0.2, 0.25) is 0 Å². The summed E-state index contributed by atoms with van der Waals surface area (Å²) in [4.78, 5) is 0. The van der Waals surface area contributed by atoms with Crippen LogP contribution in [-0.2, 0) is 0 Å². The largest absolute Gasteiger partial charge is 0.384 e. The fourth-order valence-electron chi connectivity index (χ4n) is 2.21.